The first kappa shape index (κ1) is 17.7. The van der Waals surface area contributed by atoms with Crippen LogP contribution in [0.1, 0.15) is 57.4 Å². The van der Waals surface area contributed by atoms with E-state index >= 15 is 0 Å². The van der Waals surface area contributed by atoms with Crippen LogP contribution in [0.3, 0.4) is 0 Å². The lowest BCUT2D eigenvalue weighted by molar-refractivity contribution is 0.570. The topological polar surface area (TPSA) is 58.5 Å². The van der Waals surface area contributed by atoms with E-state index in [4.69, 9.17) is 0 Å². The zero-order chi connectivity index (χ0) is 15.4. The van der Waals surface area contributed by atoms with E-state index in [2.05, 4.69) is 16.9 Å². The van der Waals surface area contributed by atoms with Crippen molar-refractivity contribution in [1.29, 1.82) is 0 Å². The number of unbranched alkanes of at least 4 members (excludes halogenated alkanes) is 6. The Morgan fingerprint density at radius 1 is 1.00 bits per heavy atom. The molecule has 0 amide bonds. The number of sulfonamides is 1. The molecule has 21 heavy (non-hydrogen) atoms. The Hall–Kier alpha value is -1.36. The van der Waals surface area contributed by atoms with Gasteiger partial charge in [-0.05, 0) is 12.0 Å². The average molecular weight is 310 g/mol. The van der Waals surface area contributed by atoms with Gasteiger partial charge in [-0.2, -0.15) is 5.10 Å². The molecule has 0 spiro atoms. The summed E-state index contributed by atoms with van der Waals surface area (Å²) in [5.41, 5.74) is 0.871. The Morgan fingerprint density at radius 3 is 2.29 bits per heavy atom. The third kappa shape index (κ3) is 9.24. The van der Waals surface area contributed by atoms with Crippen molar-refractivity contribution in [2.45, 2.75) is 51.9 Å². The maximum Gasteiger partial charge on any atom is 0.247 e. The van der Waals surface area contributed by atoms with Gasteiger partial charge in [0.2, 0.25) is 10.0 Å². The Labute approximate surface area is 128 Å². The molecule has 0 atom stereocenters. The van der Waals surface area contributed by atoms with E-state index in [0.717, 1.165) is 18.4 Å². The molecule has 1 N–H and O–H groups in total. The number of hydrazone groups is 1. The van der Waals surface area contributed by atoms with Gasteiger partial charge in [-0.1, -0.05) is 75.8 Å². The van der Waals surface area contributed by atoms with Gasteiger partial charge < -0.3 is 0 Å². The van der Waals surface area contributed by atoms with Gasteiger partial charge in [0.05, 0.1) is 12.0 Å². The van der Waals surface area contributed by atoms with Crippen LogP contribution in [0.15, 0.2) is 35.4 Å². The molecule has 1 rings (SSSR count). The zero-order valence-electron chi connectivity index (χ0n) is 12.8. The van der Waals surface area contributed by atoms with Gasteiger partial charge in [0.15, 0.2) is 0 Å². The van der Waals surface area contributed by atoms with Crippen molar-refractivity contribution in [1.82, 2.24) is 4.83 Å². The van der Waals surface area contributed by atoms with Crippen molar-refractivity contribution >= 4 is 16.2 Å². The van der Waals surface area contributed by atoms with E-state index < -0.39 is 10.0 Å². The van der Waals surface area contributed by atoms with Gasteiger partial charge in [-0.15, -0.1) is 0 Å². The number of rotatable bonds is 11. The predicted octanol–water partition coefficient (Wildman–Crippen LogP) is 3.69. The highest BCUT2D eigenvalue weighted by Gasteiger charge is 2.07. The Kier molecular flexibility index (Phi) is 8.74. The van der Waals surface area contributed by atoms with Gasteiger partial charge in [-0.3, -0.25) is 0 Å². The maximum atomic E-state index is 11.7. The molecule has 1 aromatic rings. The monoisotopic (exact) mass is 310 g/mol. The molecule has 0 heterocycles. The van der Waals surface area contributed by atoms with Crippen LogP contribution in [0.5, 0.6) is 0 Å². The van der Waals surface area contributed by atoms with Crippen LogP contribution < -0.4 is 4.83 Å². The molecule has 5 heteroatoms. The van der Waals surface area contributed by atoms with E-state index in [1.54, 1.807) is 0 Å². The fourth-order valence-electron chi connectivity index (χ4n) is 2.02. The number of hydrogen-bond acceptors (Lipinski definition) is 3. The van der Waals surface area contributed by atoms with Crippen LogP contribution in [0, 0.1) is 0 Å². The standard InChI is InChI=1S/C16H26N2O2S/c1-2-3-4-5-6-7-11-14-21(19,20)18-17-15-16-12-9-8-10-13-16/h8-10,12-13,15,18H,2-7,11,14H2,1H3. The molecule has 0 aliphatic heterocycles. The molecular weight excluding hydrogens is 284 g/mol. The number of benzene rings is 1. The number of nitrogens with zero attached hydrogens (tertiary/aromatic N) is 1. The second-order valence-electron chi connectivity index (χ2n) is 5.20. The number of nitrogens with one attached hydrogen (secondary N) is 1. The van der Waals surface area contributed by atoms with Gasteiger partial charge in [0, 0.05) is 0 Å². The summed E-state index contributed by atoms with van der Waals surface area (Å²) < 4.78 is 23.5. The van der Waals surface area contributed by atoms with E-state index in [9.17, 15) is 8.42 Å². The molecule has 0 aliphatic rings. The van der Waals surface area contributed by atoms with Crippen molar-refractivity contribution in [3.63, 3.8) is 0 Å². The SMILES string of the molecule is CCCCCCCCCS(=O)(=O)NN=Cc1ccccc1. The summed E-state index contributed by atoms with van der Waals surface area (Å²) in [5.74, 6) is 0.146. The summed E-state index contributed by atoms with van der Waals surface area (Å²) in [6, 6.07) is 9.41. The van der Waals surface area contributed by atoms with Crippen molar-refractivity contribution in [3.05, 3.63) is 35.9 Å². The van der Waals surface area contributed by atoms with E-state index in [1.165, 1.54) is 31.9 Å². The summed E-state index contributed by atoms with van der Waals surface area (Å²) in [5, 5.41) is 3.79. The fourth-order valence-corrected chi connectivity index (χ4v) is 2.90. The first-order valence-electron chi connectivity index (χ1n) is 7.71. The highest BCUT2D eigenvalue weighted by Crippen LogP contribution is 2.07. The van der Waals surface area contributed by atoms with Crippen molar-refractivity contribution < 1.29 is 8.42 Å². The second kappa shape index (κ2) is 10.4. The van der Waals surface area contributed by atoms with Crippen molar-refractivity contribution in [2.75, 3.05) is 5.75 Å². The van der Waals surface area contributed by atoms with Crippen LogP contribution in [0.4, 0.5) is 0 Å². The molecular formula is C16H26N2O2S. The Balaban J connectivity index is 2.17. The third-order valence-corrected chi connectivity index (χ3v) is 4.43. The summed E-state index contributed by atoms with van der Waals surface area (Å²) in [6.45, 7) is 2.19. The lowest BCUT2D eigenvalue weighted by atomic mass is 10.1. The zero-order valence-corrected chi connectivity index (χ0v) is 13.6. The quantitative estimate of drug-likeness (QED) is 0.385. The lowest BCUT2D eigenvalue weighted by Gasteiger charge is -2.03. The van der Waals surface area contributed by atoms with E-state index in [-0.39, 0.29) is 5.75 Å². The average Bonchev–Trinajstić information content (AvgIpc) is 2.47. The second-order valence-corrected chi connectivity index (χ2v) is 7.02. The van der Waals surface area contributed by atoms with E-state index in [0.29, 0.717) is 6.42 Å². The molecule has 118 valence electrons. The summed E-state index contributed by atoms with van der Waals surface area (Å²) in [7, 11) is -3.30. The minimum atomic E-state index is -3.30. The molecule has 1 aromatic carbocycles. The first-order valence-corrected chi connectivity index (χ1v) is 9.37. The molecule has 0 unspecified atom stereocenters. The minimum absolute atomic E-state index is 0.146. The van der Waals surface area contributed by atoms with Crippen molar-refractivity contribution in [3.8, 4) is 0 Å². The van der Waals surface area contributed by atoms with Gasteiger partial charge in [0.1, 0.15) is 0 Å². The highest BCUT2D eigenvalue weighted by molar-refractivity contribution is 7.89. The molecule has 0 aliphatic carbocycles. The minimum Gasteiger partial charge on any atom is -0.205 e. The normalized spacial score (nSPS) is 11.9. The van der Waals surface area contributed by atoms with Gasteiger partial charge in [-0.25, -0.2) is 13.2 Å². The summed E-state index contributed by atoms with van der Waals surface area (Å²) in [6.07, 6.45) is 9.25. The molecule has 0 saturated carbocycles. The molecule has 0 saturated heterocycles. The molecule has 0 fully saturated rings. The Bertz CT molecular complexity index is 498. The largest absolute Gasteiger partial charge is 0.247 e. The number of hydrogen-bond donors (Lipinski definition) is 1. The predicted molar refractivity (Wildman–Crippen MR) is 89.0 cm³/mol. The van der Waals surface area contributed by atoms with Crippen LogP contribution >= 0.6 is 0 Å². The molecule has 0 bridgehead atoms. The first-order chi connectivity index (χ1) is 10.1. The smallest absolute Gasteiger partial charge is 0.205 e. The van der Waals surface area contributed by atoms with Crippen LogP contribution in [0.25, 0.3) is 0 Å². The lowest BCUT2D eigenvalue weighted by Crippen LogP contribution is -2.21. The molecule has 0 aromatic heterocycles. The van der Waals surface area contributed by atoms with Gasteiger partial charge in [0.25, 0.3) is 0 Å². The highest BCUT2D eigenvalue weighted by atomic mass is 32.2. The van der Waals surface area contributed by atoms with E-state index in [1.807, 2.05) is 30.3 Å². The van der Waals surface area contributed by atoms with Crippen LogP contribution in [-0.2, 0) is 10.0 Å². The van der Waals surface area contributed by atoms with Crippen LogP contribution in [-0.4, -0.2) is 20.4 Å². The summed E-state index contributed by atoms with van der Waals surface area (Å²) in [4.78, 5) is 2.26. The van der Waals surface area contributed by atoms with Gasteiger partial charge >= 0.3 is 0 Å². The molecule has 0 radical (unpaired) electrons. The molecule has 4 nitrogen and oxygen atoms in total. The maximum absolute atomic E-state index is 11.7. The fraction of sp³-hybridized carbons (Fsp3) is 0.562. The Morgan fingerprint density at radius 2 is 1.62 bits per heavy atom. The third-order valence-electron chi connectivity index (χ3n) is 3.22. The van der Waals surface area contributed by atoms with Crippen molar-refractivity contribution in [2.24, 2.45) is 5.10 Å². The summed E-state index contributed by atoms with van der Waals surface area (Å²) >= 11 is 0. The van der Waals surface area contributed by atoms with Crippen LogP contribution in [0.2, 0.25) is 0 Å².